The van der Waals surface area contributed by atoms with Gasteiger partial charge in [0.2, 0.25) is 10.0 Å². The molecule has 3 aromatic rings. The molecule has 0 aliphatic rings. The molecule has 2 N–H and O–H groups in total. The molecule has 0 atom stereocenters. The highest BCUT2D eigenvalue weighted by molar-refractivity contribution is 7.89. The minimum absolute atomic E-state index is 0.151. The molecule has 0 fully saturated rings. The number of hydrogen-bond acceptors (Lipinski definition) is 4. The highest BCUT2D eigenvalue weighted by Gasteiger charge is 2.35. The fourth-order valence-electron chi connectivity index (χ4n) is 2.79. The first-order chi connectivity index (χ1) is 14.5. The molecule has 0 spiro atoms. The number of rotatable bonds is 7. The van der Waals surface area contributed by atoms with Gasteiger partial charge in [-0.1, -0.05) is 29.8 Å². The summed E-state index contributed by atoms with van der Waals surface area (Å²) in [7, 11) is -3.96. The van der Waals surface area contributed by atoms with Gasteiger partial charge >= 0.3 is 12.1 Å². The molecule has 0 aliphatic carbocycles. The molecule has 0 saturated carbocycles. The van der Waals surface area contributed by atoms with Gasteiger partial charge in [-0.15, -0.1) is 0 Å². The van der Waals surface area contributed by atoms with Gasteiger partial charge in [-0.2, -0.15) is 18.3 Å². The largest absolute Gasteiger partial charge is 0.481 e. The van der Waals surface area contributed by atoms with Gasteiger partial charge in [0.15, 0.2) is 5.69 Å². The number of carboxylic acid groups (broad SMARTS) is 1. The molecule has 164 valence electrons. The average Bonchev–Trinajstić information content (AvgIpc) is 3.14. The zero-order valence-electron chi connectivity index (χ0n) is 16.2. The van der Waals surface area contributed by atoms with E-state index in [-0.39, 0.29) is 29.2 Å². The maximum atomic E-state index is 13.3. The van der Waals surface area contributed by atoms with Crippen LogP contribution in [0.5, 0.6) is 0 Å². The number of benzene rings is 2. The molecule has 1 heterocycles. The van der Waals surface area contributed by atoms with Crippen molar-refractivity contribution >= 4 is 16.0 Å². The van der Waals surface area contributed by atoms with Crippen molar-refractivity contribution in [3.8, 4) is 16.9 Å². The first-order valence-electron chi connectivity index (χ1n) is 9.03. The van der Waals surface area contributed by atoms with E-state index < -0.39 is 27.9 Å². The topological polar surface area (TPSA) is 101 Å². The van der Waals surface area contributed by atoms with E-state index in [9.17, 15) is 26.4 Å². The maximum absolute atomic E-state index is 13.3. The maximum Gasteiger partial charge on any atom is 0.435 e. The Balaban J connectivity index is 1.97. The number of nitrogens with zero attached hydrogens (tertiary/aromatic N) is 2. The summed E-state index contributed by atoms with van der Waals surface area (Å²) in [5.74, 6) is -1.15. The number of sulfonamides is 1. The Hall–Kier alpha value is -3.18. The fraction of sp³-hybridized carbons (Fsp3) is 0.200. The van der Waals surface area contributed by atoms with Crippen molar-refractivity contribution in [2.75, 3.05) is 6.54 Å². The Morgan fingerprint density at radius 1 is 1.10 bits per heavy atom. The van der Waals surface area contributed by atoms with Crippen molar-refractivity contribution in [2.24, 2.45) is 0 Å². The first-order valence-corrected chi connectivity index (χ1v) is 10.5. The first kappa shape index (κ1) is 22.5. The minimum Gasteiger partial charge on any atom is -0.481 e. The second kappa shape index (κ2) is 8.52. The summed E-state index contributed by atoms with van der Waals surface area (Å²) in [5, 5.41) is 12.3. The van der Waals surface area contributed by atoms with Gasteiger partial charge in [0, 0.05) is 12.1 Å². The van der Waals surface area contributed by atoms with E-state index in [0.29, 0.717) is 5.56 Å². The Morgan fingerprint density at radius 3 is 2.26 bits per heavy atom. The van der Waals surface area contributed by atoms with Crippen LogP contribution >= 0.6 is 0 Å². The van der Waals surface area contributed by atoms with Crippen LogP contribution in [0, 0.1) is 6.92 Å². The zero-order valence-corrected chi connectivity index (χ0v) is 17.0. The van der Waals surface area contributed by atoms with E-state index in [1.807, 2.05) is 6.92 Å². The van der Waals surface area contributed by atoms with Crippen LogP contribution in [0.2, 0.25) is 0 Å². The van der Waals surface area contributed by atoms with Crippen LogP contribution in [-0.4, -0.2) is 35.8 Å². The third kappa shape index (κ3) is 5.30. The smallest absolute Gasteiger partial charge is 0.435 e. The highest BCUT2D eigenvalue weighted by atomic mass is 32.2. The lowest BCUT2D eigenvalue weighted by Crippen LogP contribution is -2.26. The van der Waals surface area contributed by atoms with Gasteiger partial charge in [-0.05, 0) is 37.3 Å². The SMILES string of the molecule is Cc1ccc(-c2cc(C(F)(F)F)nn2-c2ccc(S(=O)(=O)NCCC(=O)O)cc2)cc1. The van der Waals surface area contributed by atoms with Crippen molar-refractivity contribution in [2.45, 2.75) is 24.4 Å². The molecule has 0 aliphatic heterocycles. The van der Waals surface area contributed by atoms with E-state index in [1.54, 1.807) is 24.3 Å². The van der Waals surface area contributed by atoms with Crippen LogP contribution in [0.25, 0.3) is 16.9 Å². The lowest BCUT2D eigenvalue weighted by atomic mass is 10.1. The van der Waals surface area contributed by atoms with Crippen LogP contribution in [0.15, 0.2) is 59.5 Å². The van der Waals surface area contributed by atoms with E-state index in [0.717, 1.165) is 16.3 Å². The molecule has 3 rings (SSSR count). The third-order valence-electron chi connectivity index (χ3n) is 4.37. The Labute approximate surface area is 176 Å². The molecule has 0 bridgehead atoms. The molecule has 7 nitrogen and oxygen atoms in total. The summed E-state index contributed by atoms with van der Waals surface area (Å²) in [6.07, 6.45) is -5.03. The van der Waals surface area contributed by atoms with Crippen molar-refractivity contribution in [1.82, 2.24) is 14.5 Å². The number of halogens is 3. The summed E-state index contributed by atoms with van der Waals surface area (Å²) in [6, 6.07) is 12.9. The lowest BCUT2D eigenvalue weighted by molar-refractivity contribution is -0.141. The van der Waals surface area contributed by atoms with Gasteiger partial charge < -0.3 is 5.11 Å². The Kier molecular flexibility index (Phi) is 6.18. The van der Waals surface area contributed by atoms with E-state index in [2.05, 4.69) is 9.82 Å². The highest BCUT2D eigenvalue weighted by Crippen LogP contribution is 2.33. The molecular formula is C20H18F3N3O4S. The number of carboxylic acids is 1. The predicted molar refractivity (Wildman–Crippen MR) is 106 cm³/mol. The summed E-state index contributed by atoms with van der Waals surface area (Å²) < 4.78 is 67.5. The number of carbonyl (C=O) groups is 1. The van der Waals surface area contributed by atoms with Gasteiger partial charge in [-0.25, -0.2) is 17.8 Å². The second-order valence-electron chi connectivity index (χ2n) is 6.73. The summed E-state index contributed by atoms with van der Waals surface area (Å²) in [5.41, 5.74) is 0.810. The number of hydrogen-bond donors (Lipinski definition) is 2. The molecule has 0 radical (unpaired) electrons. The number of aromatic nitrogens is 2. The number of alkyl halides is 3. The van der Waals surface area contributed by atoms with E-state index in [4.69, 9.17) is 5.11 Å². The minimum atomic E-state index is -4.65. The molecule has 2 aromatic carbocycles. The molecule has 0 saturated heterocycles. The molecule has 11 heteroatoms. The standard InChI is InChI=1S/C20H18F3N3O4S/c1-13-2-4-14(5-3-13)17-12-18(20(21,22)23)25-26(17)15-6-8-16(9-7-15)31(29,30)24-11-10-19(27)28/h2-9,12,24H,10-11H2,1H3,(H,27,28). The molecule has 0 amide bonds. The average molecular weight is 453 g/mol. The Morgan fingerprint density at radius 2 is 1.71 bits per heavy atom. The van der Waals surface area contributed by atoms with Gasteiger partial charge in [0.05, 0.1) is 22.7 Å². The zero-order chi connectivity index (χ0) is 22.8. The molecular weight excluding hydrogens is 435 g/mol. The molecule has 0 unspecified atom stereocenters. The molecule has 1 aromatic heterocycles. The third-order valence-corrected chi connectivity index (χ3v) is 5.85. The summed E-state index contributed by atoms with van der Waals surface area (Å²) in [6.45, 7) is 1.57. The number of nitrogens with one attached hydrogen (secondary N) is 1. The number of aryl methyl sites for hydroxylation is 1. The van der Waals surface area contributed by atoms with Crippen molar-refractivity contribution in [3.63, 3.8) is 0 Å². The number of aliphatic carboxylic acids is 1. The Bertz CT molecular complexity index is 1190. The monoisotopic (exact) mass is 453 g/mol. The predicted octanol–water partition coefficient (Wildman–Crippen LogP) is 3.62. The molecule has 31 heavy (non-hydrogen) atoms. The van der Waals surface area contributed by atoms with E-state index in [1.165, 1.54) is 24.3 Å². The van der Waals surface area contributed by atoms with Crippen LogP contribution in [0.4, 0.5) is 13.2 Å². The van der Waals surface area contributed by atoms with Crippen molar-refractivity contribution < 1.29 is 31.5 Å². The normalized spacial score (nSPS) is 12.1. The van der Waals surface area contributed by atoms with Gasteiger partial charge in [0.1, 0.15) is 0 Å². The summed E-state index contributed by atoms with van der Waals surface area (Å²) in [4.78, 5) is 10.4. The van der Waals surface area contributed by atoms with Crippen LogP contribution in [0.3, 0.4) is 0 Å². The quantitative estimate of drug-likeness (QED) is 0.569. The second-order valence-corrected chi connectivity index (χ2v) is 8.49. The van der Waals surface area contributed by atoms with Gasteiger partial charge in [0.25, 0.3) is 0 Å². The van der Waals surface area contributed by atoms with Crippen LogP contribution in [-0.2, 0) is 21.0 Å². The van der Waals surface area contributed by atoms with Crippen LogP contribution in [0.1, 0.15) is 17.7 Å². The van der Waals surface area contributed by atoms with Gasteiger partial charge in [-0.3, -0.25) is 4.79 Å². The lowest BCUT2D eigenvalue weighted by Gasteiger charge is -2.10. The van der Waals surface area contributed by atoms with Crippen molar-refractivity contribution in [1.29, 1.82) is 0 Å². The van der Waals surface area contributed by atoms with Crippen LogP contribution < -0.4 is 4.72 Å². The fourth-order valence-corrected chi connectivity index (χ4v) is 3.82. The summed E-state index contributed by atoms with van der Waals surface area (Å²) >= 11 is 0. The van der Waals surface area contributed by atoms with Crippen molar-refractivity contribution in [3.05, 3.63) is 65.9 Å². The van der Waals surface area contributed by atoms with E-state index >= 15 is 0 Å².